The number of ether oxygens (including phenoxy) is 1. The van der Waals surface area contributed by atoms with Gasteiger partial charge in [-0.05, 0) is 18.6 Å². The molecule has 1 aromatic rings. The predicted octanol–water partition coefficient (Wildman–Crippen LogP) is 2.78. The Morgan fingerprint density at radius 1 is 1.38 bits per heavy atom. The van der Waals surface area contributed by atoms with Crippen LogP contribution in [0.5, 0.6) is 5.75 Å². The molecule has 0 N–H and O–H groups in total. The number of hydrogen-bond acceptors (Lipinski definition) is 1. The van der Waals surface area contributed by atoms with Crippen LogP contribution in [0.3, 0.4) is 0 Å². The van der Waals surface area contributed by atoms with Gasteiger partial charge in [0.05, 0.1) is 0 Å². The molecule has 0 aliphatic carbocycles. The summed E-state index contributed by atoms with van der Waals surface area (Å²) in [6, 6.07) is 3.83. The van der Waals surface area contributed by atoms with Crippen molar-refractivity contribution < 1.29 is 17.9 Å². The van der Waals surface area contributed by atoms with Gasteiger partial charge in [0.1, 0.15) is 18.2 Å². The first-order chi connectivity index (χ1) is 6.09. The quantitative estimate of drug-likeness (QED) is 0.712. The molecule has 0 spiro atoms. The molecule has 1 rings (SSSR count). The van der Waals surface area contributed by atoms with Crippen LogP contribution in [0, 0.1) is 12.7 Å². The Kier molecular flexibility index (Phi) is 3.17. The first kappa shape index (κ1) is 9.89. The summed E-state index contributed by atoms with van der Waals surface area (Å²) in [7, 11) is 0. The summed E-state index contributed by atoms with van der Waals surface area (Å²) in [6.07, 6.45) is -2.54. The first-order valence-corrected chi connectivity index (χ1v) is 3.76. The molecule has 0 aliphatic rings. The number of aryl methyl sites for hydroxylation is 1. The van der Waals surface area contributed by atoms with Crippen molar-refractivity contribution in [3.8, 4) is 5.75 Å². The number of alkyl halides is 2. The topological polar surface area (TPSA) is 9.23 Å². The lowest BCUT2D eigenvalue weighted by Gasteiger charge is -2.07. The van der Waals surface area contributed by atoms with Crippen molar-refractivity contribution in [3.05, 3.63) is 29.6 Å². The highest BCUT2D eigenvalue weighted by Crippen LogP contribution is 2.19. The van der Waals surface area contributed by atoms with E-state index >= 15 is 0 Å². The van der Waals surface area contributed by atoms with Crippen LogP contribution in [0.2, 0.25) is 0 Å². The van der Waals surface area contributed by atoms with Gasteiger partial charge in [0.15, 0.2) is 0 Å². The van der Waals surface area contributed by atoms with Crippen LogP contribution in [-0.4, -0.2) is 13.0 Å². The molecule has 0 atom stereocenters. The summed E-state index contributed by atoms with van der Waals surface area (Å²) in [5.74, 6) is -0.324. The van der Waals surface area contributed by atoms with Crippen LogP contribution in [-0.2, 0) is 0 Å². The summed E-state index contributed by atoms with van der Waals surface area (Å²) in [5, 5.41) is 0. The molecular weight excluding hydrogens is 181 g/mol. The minimum Gasteiger partial charge on any atom is -0.487 e. The number of halogens is 3. The van der Waals surface area contributed by atoms with Gasteiger partial charge in [-0.25, -0.2) is 13.2 Å². The zero-order valence-corrected chi connectivity index (χ0v) is 7.06. The minimum absolute atomic E-state index is 0.167. The first-order valence-electron chi connectivity index (χ1n) is 3.76. The maximum Gasteiger partial charge on any atom is 0.272 e. The van der Waals surface area contributed by atoms with Crippen molar-refractivity contribution >= 4 is 0 Å². The second-order valence-electron chi connectivity index (χ2n) is 2.61. The normalized spacial score (nSPS) is 10.5. The van der Waals surface area contributed by atoms with E-state index in [4.69, 9.17) is 0 Å². The minimum atomic E-state index is -2.54. The molecule has 0 radical (unpaired) electrons. The maximum absolute atomic E-state index is 12.6. The van der Waals surface area contributed by atoms with Crippen molar-refractivity contribution in [3.63, 3.8) is 0 Å². The third kappa shape index (κ3) is 2.97. The summed E-state index contributed by atoms with van der Waals surface area (Å²) in [4.78, 5) is 0. The monoisotopic (exact) mass is 190 g/mol. The highest BCUT2D eigenvalue weighted by molar-refractivity contribution is 5.32. The summed E-state index contributed by atoms with van der Waals surface area (Å²) >= 11 is 0. The molecule has 1 aromatic carbocycles. The van der Waals surface area contributed by atoms with Gasteiger partial charge in [0.25, 0.3) is 6.43 Å². The Hall–Kier alpha value is -1.19. The molecule has 4 heteroatoms. The Labute approximate surface area is 74.1 Å². The van der Waals surface area contributed by atoms with Crippen molar-refractivity contribution in [1.82, 2.24) is 0 Å². The van der Waals surface area contributed by atoms with Crippen molar-refractivity contribution in [1.29, 1.82) is 0 Å². The zero-order chi connectivity index (χ0) is 9.84. The van der Waals surface area contributed by atoms with Gasteiger partial charge >= 0.3 is 0 Å². The van der Waals surface area contributed by atoms with Gasteiger partial charge in [-0.3, -0.25) is 0 Å². The highest BCUT2D eigenvalue weighted by Gasteiger charge is 2.06. The van der Waals surface area contributed by atoms with Crippen molar-refractivity contribution in [2.45, 2.75) is 13.3 Å². The standard InChI is InChI=1S/C9H9F3O/c1-6-2-3-7(10)4-8(6)13-5-9(11)12/h2-4,9H,5H2,1H3. The van der Waals surface area contributed by atoms with Gasteiger partial charge in [-0.15, -0.1) is 0 Å². The Morgan fingerprint density at radius 3 is 2.69 bits per heavy atom. The number of hydrogen-bond donors (Lipinski definition) is 0. The lowest BCUT2D eigenvalue weighted by Crippen LogP contribution is -2.07. The van der Waals surface area contributed by atoms with Gasteiger partial charge in [-0.2, -0.15) is 0 Å². The van der Waals surface area contributed by atoms with E-state index in [1.807, 2.05) is 0 Å². The van der Waals surface area contributed by atoms with E-state index in [-0.39, 0.29) is 5.75 Å². The Morgan fingerprint density at radius 2 is 2.08 bits per heavy atom. The SMILES string of the molecule is Cc1ccc(F)cc1OCC(F)F. The van der Waals surface area contributed by atoms with E-state index in [0.29, 0.717) is 5.56 Å². The molecule has 0 heterocycles. The molecule has 0 aromatic heterocycles. The molecule has 0 aliphatic heterocycles. The molecule has 0 saturated carbocycles. The van der Waals surface area contributed by atoms with Crippen LogP contribution >= 0.6 is 0 Å². The van der Waals surface area contributed by atoms with Crippen LogP contribution in [0.1, 0.15) is 5.56 Å². The molecule has 0 unspecified atom stereocenters. The fraction of sp³-hybridized carbons (Fsp3) is 0.333. The maximum atomic E-state index is 12.6. The largest absolute Gasteiger partial charge is 0.487 e. The van der Waals surface area contributed by atoms with Crippen molar-refractivity contribution in [2.75, 3.05) is 6.61 Å². The second kappa shape index (κ2) is 4.16. The van der Waals surface area contributed by atoms with Gasteiger partial charge in [-0.1, -0.05) is 6.07 Å². The summed E-state index contributed by atoms with van der Waals surface area (Å²) < 4.78 is 40.8. The van der Waals surface area contributed by atoms with E-state index < -0.39 is 18.8 Å². The Balaban J connectivity index is 2.70. The summed E-state index contributed by atoms with van der Waals surface area (Å²) in [5.41, 5.74) is 0.641. The molecule has 72 valence electrons. The van der Waals surface area contributed by atoms with Crippen molar-refractivity contribution in [2.24, 2.45) is 0 Å². The number of rotatable bonds is 3. The fourth-order valence-electron chi connectivity index (χ4n) is 0.882. The fourth-order valence-corrected chi connectivity index (χ4v) is 0.882. The lowest BCUT2D eigenvalue weighted by molar-refractivity contribution is 0.0814. The van der Waals surface area contributed by atoms with Gasteiger partial charge in [0, 0.05) is 6.07 Å². The van der Waals surface area contributed by atoms with Gasteiger partial charge in [0.2, 0.25) is 0 Å². The molecule has 0 bridgehead atoms. The Bertz CT molecular complexity index is 286. The van der Waals surface area contributed by atoms with E-state index in [9.17, 15) is 13.2 Å². The van der Waals surface area contributed by atoms with E-state index in [2.05, 4.69) is 4.74 Å². The van der Waals surface area contributed by atoms with Crippen LogP contribution in [0.4, 0.5) is 13.2 Å². The van der Waals surface area contributed by atoms with Gasteiger partial charge < -0.3 is 4.74 Å². The molecule has 0 saturated heterocycles. The van der Waals surface area contributed by atoms with Crippen LogP contribution < -0.4 is 4.74 Å². The van der Waals surface area contributed by atoms with Crippen LogP contribution in [0.25, 0.3) is 0 Å². The predicted molar refractivity (Wildman–Crippen MR) is 42.6 cm³/mol. The van der Waals surface area contributed by atoms with E-state index in [0.717, 1.165) is 6.07 Å². The molecule has 0 fully saturated rings. The zero-order valence-electron chi connectivity index (χ0n) is 7.06. The molecule has 1 nitrogen and oxygen atoms in total. The van der Waals surface area contributed by atoms with E-state index in [1.165, 1.54) is 12.1 Å². The smallest absolute Gasteiger partial charge is 0.272 e. The van der Waals surface area contributed by atoms with E-state index in [1.54, 1.807) is 6.92 Å². The lowest BCUT2D eigenvalue weighted by atomic mass is 10.2. The molecule has 13 heavy (non-hydrogen) atoms. The average molecular weight is 190 g/mol. The molecule has 0 amide bonds. The number of benzene rings is 1. The van der Waals surface area contributed by atoms with Crippen LogP contribution in [0.15, 0.2) is 18.2 Å². The third-order valence-corrected chi connectivity index (χ3v) is 1.52. The highest BCUT2D eigenvalue weighted by atomic mass is 19.3. The molecular formula is C9H9F3O. The third-order valence-electron chi connectivity index (χ3n) is 1.52. The summed E-state index contributed by atoms with van der Waals surface area (Å²) in [6.45, 7) is 0.963. The second-order valence-corrected chi connectivity index (χ2v) is 2.61. The average Bonchev–Trinajstić information content (AvgIpc) is 2.06.